The number of piperazine rings is 1. The van der Waals surface area contributed by atoms with Crippen molar-refractivity contribution < 1.29 is 14.1 Å². The molecule has 1 amide bonds. The van der Waals surface area contributed by atoms with Crippen LogP contribution >= 0.6 is 0 Å². The van der Waals surface area contributed by atoms with Crippen molar-refractivity contribution in [1.82, 2.24) is 15.0 Å². The SMILES string of the molecule is Cc1cc(CN2CCN(CC(=O)Nc3ccccc3C(=O)c3ccccc3)CC2)no1. The first-order valence-electron chi connectivity index (χ1n) is 10.4. The number of amides is 1. The molecule has 3 aromatic rings. The summed E-state index contributed by atoms with van der Waals surface area (Å²) >= 11 is 0. The van der Waals surface area contributed by atoms with Gasteiger partial charge in [-0.1, -0.05) is 47.6 Å². The Labute approximate surface area is 181 Å². The topological polar surface area (TPSA) is 78.7 Å². The number of anilines is 1. The van der Waals surface area contributed by atoms with Crippen molar-refractivity contribution in [3.63, 3.8) is 0 Å². The van der Waals surface area contributed by atoms with Crippen molar-refractivity contribution in [2.45, 2.75) is 13.5 Å². The lowest BCUT2D eigenvalue weighted by atomic mass is 10.0. The summed E-state index contributed by atoms with van der Waals surface area (Å²) in [5.41, 5.74) is 2.57. The Morgan fingerprint density at radius 2 is 1.65 bits per heavy atom. The van der Waals surface area contributed by atoms with E-state index >= 15 is 0 Å². The lowest BCUT2D eigenvalue weighted by molar-refractivity contribution is -0.117. The highest BCUT2D eigenvalue weighted by molar-refractivity contribution is 6.13. The van der Waals surface area contributed by atoms with Gasteiger partial charge in [0.05, 0.1) is 17.9 Å². The number of nitrogens with zero attached hydrogens (tertiary/aromatic N) is 3. The number of rotatable bonds is 7. The summed E-state index contributed by atoms with van der Waals surface area (Å²) in [4.78, 5) is 29.9. The Hall–Kier alpha value is -3.29. The van der Waals surface area contributed by atoms with Gasteiger partial charge in [0.15, 0.2) is 5.78 Å². The minimum atomic E-state index is -0.117. The molecule has 1 aliphatic rings. The van der Waals surface area contributed by atoms with Gasteiger partial charge in [0.25, 0.3) is 0 Å². The standard InChI is InChI=1S/C24H26N4O3/c1-18-15-20(26-31-18)16-27-11-13-28(14-12-27)17-23(29)25-22-10-6-5-9-21(22)24(30)19-7-3-2-4-8-19/h2-10,15H,11-14,16-17H2,1H3,(H,25,29). The molecule has 1 N–H and O–H groups in total. The molecule has 2 heterocycles. The molecule has 0 radical (unpaired) electrons. The summed E-state index contributed by atoms with van der Waals surface area (Å²) in [5.74, 6) is 0.596. The van der Waals surface area contributed by atoms with Gasteiger partial charge in [-0.05, 0) is 19.1 Å². The van der Waals surface area contributed by atoms with Crippen LogP contribution in [0.2, 0.25) is 0 Å². The highest BCUT2D eigenvalue weighted by Crippen LogP contribution is 2.19. The van der Waals surface area contributed by atoms with E-state index in [0.29, 0.717) is 23.4 Å². The molecular formula is C24H26N4O3. The van der Waals surface area contributed by atoms with E-state index in [9.17, 15) is 9.59 Å². The van der Waals surface area contributed by atoms with Gasteiger partial charge in [0, 0.05) is 49.9 Å². The minimum Gasteiger partial charge on any atom is -0.361 e. The molecule has 1 aromatic heterocycles. The first kappa shape index (κ1) is 21.0. The number of aromatic nitrogens is 1. The van der Waals surface area contributed by atoms with Gasteiger partial charge in [-0.25, -0.2) is 0 Å². The average Bonchev–Trinajstić information content (AvgIpc) is 3.20. The maximum Gasteiger partial charge on any atom is 0.238 e. The maximum atomic E-state index is 12.8. The molecule has 0 saturated carbocycles. The Kier molecular flexibility index (Phi) is 6.54. The second-order valence-electron chi connectivity index (χ2n) is 7.77. The van der Waals surface area contributed by atoms with Crippen molar-refractivity contribution in [2.75, 3.05) is 38.0 Å². The van der Waals surface area contributed by atoms with Crippen molar-refractivity contribution in [3.05, 3.63) is 83.2 Å². The molecule has 2 aromatic carbocycles. The van der Waals surface area contributed by atoms with Crippen LogP contribution in [0.3, 0.4) is 0 Å². The maximum absolute atomic E-state index is 12.8. The molecule has 7 nitrogen and oxygen atoms in total. The zero-order valence-corrected chi connectivity index (χ0v) is 17.6. The molecule has 1 fully saturated rings. The molecule has 0 atom stereocenters. The molecule has 1 aliphatic heterocycles. The number of aryl methyl sites for hydroxylation is 1. The van der Waals surface area contributed by atoms with Crippen molar-refractivity contribution in [2.24, 2.45) is 0 Å². The van der Waals surface area contributed by atoms with Gasteiger partial charge in [-0.3, -0.25) is 19.4 Å². The number of carbonyl (C=O) groups is 2. The van der Waals surface area contributed by atoms with Crippen LogP contribution in [0.5, 0.6) is 0 Å². The molecule has 31 heavy (non-hydrogen) atoms. The number of hydrogen-bond acceptors (Lipinski definition) is 6. The van der Waals surface area contributed by atoms with Crippen molar-refractivity contribution in [1.29, 1.82) is 0 Å². The summed E-state index contributed by atoms with van der Waals surface area (Å²) in [5, 5.41) is 6.97. The first-order chi connectivity index (χ1) is 15.1. The van der Waals surface area contributed by atoms with E-state index in [4.69, 9.17) is 4.52 Å². The predicted octanol–water partition coefficient (Wildman–Crippen LogP) is 2.97. The zero-order valence-electron chi connectivity index (χ0n) is 17.6. The number of nitrogens with one attached hydrogen (secondary N) is 1. The average molecular weight is 418 g/mol. The Balaban J connectivity index is 1.31. The third kappa shape index (κ3) is 5.45. The third-order valence-corrected chi connectivity index (χ3v) is 5.38. The quantitative estimate of drug-likeness (QED) is 0.595. The molecule has 0 unspecified atom stereocenters. The molecule has 0 bridgehead atoms. The van der Waals surface area contributed by atoms with E-state index in [-0.39, 0.29) is 11.7 Å². The normalized spacial score (nSPS) is 15.0. The van der Waals surface area contributed by atoms with Crippen LogP contribution in [-0.2, 0) is 11.3 Å². The number of ketones is 1. The van der Waals surface area contributed by atoms with Crippen molar-refractivity contribution in [3.8, 4) is 0 Å². The van der Waals surface area contributed by atoms with Gasteiger partial charge >= 0.3 is 0 Å². The Bertz CT molecular complexity index is 1040. The Morgan fingerprint density at radius 1 is 0.968 bits per heavy atom. The second kappa shape index (κ2) is 9.68. The fourth-order valence-electron chi connectivity index (χ4n) is 3.76. The van der Waals surface area contributed by atoms with E-state index in [0.717, 1.165) is 44.2 Å². The first-order valence-corrected chi connectivity index (χ1v) is 10.4. The minimum absolute atomic E-state index is 0.104. The van der Waals surface area contributed by atoms with Crippen LogP contribution in [0, 0.1) is 6.92 Å². The van der Waals surface area contributed by atoms with E-state index in [1.807, 2.05) is 37.3 Å². The number of benzene rings is 2. The van der Waals surface area contributed by atoms with Gasteiger partial charge in [0.1, 0.15) is 5.76 Å². The molecule has 1 saturated heterocycles. The fourth-order valence-corrected chi connectivity index (χ4v) is 3.76. The molecular weight excluding hydrogens is 392 g/mol. The predicted molar refractivity (Wildman–Crippen MR) is 118 cm³/mol. The van der Waals surface area contributed by atoms with Crippen LogP contribution in [0.1, 0.15) is 27.4 Å². The highest BCUT2D eigenvalue weighted by atomic mass is 16.5. The largest absolute Gasteiger partial charge is 0.361 e. The summed E-state index contributed by atoms with van der Waals surface area (Å²) in [6, 6.07) is 18.2. The van der Waals surface area contributed by atoms with Crippen LogP contribution in [-0.4, -0.2) is 59.4 Å². The summed E-state index contributed by atoms with van der Waals surface area (Å²) in [7, 11) is 0. The zero-order chi connectivity index (χ0) is 21.6. The molecule has 0 aliphatic carbocycles. The van der Waals surface area contributed by atoms with Gasteiger partial charge in [0.2, 0.25) is 5.91 Å². The monoisotopic (exact) mass is 418 g/mol. The van der Waals surface area contributed by atoms with Crippen molar-refractivity contribution >= 4 is 17.4 Å². The number of para-hydroxylation sites is 1. The third-order valence-electron chi connectivity index (χ3n) is 5.38. The van der Waals surface area contributed by atoms with E-state index in [1.165, 1.54) is 0 Å². The van der Waals surface area contributed by atoms with Gasteiger partial charge < -0.3 is 9.84 Å². The lowest BCUT2D eigenvalue weighted by Crippen LogP contribution is -2.48. The summed E-state index contributed by atoms with van der Waals surface area (Å²) in [6.45, 7) is 6.27. The summed E-state index contributed by atoms with van der Waals surface area (Å²) < 4.78 is 5.13. The van der Waals surface area contributed by atoms with E-state index < -0.39 is 0 Å². The highest BCUT2D eigenvalue weighted by Gasteiger charge is 2.21. The molecule has 4 rings (SSSR count). The summed E-state index contributed by atoms with van der Waals surface area (Å²) in [6.07, 6.45) is 0. The van der Waals surface area contributed by atoms with Crippen LogP contribution in [0.15, 0.2) is 65.2 Å². The Morgan fingerprint density at radius 3 is 2.35 bits per heavy atom. The molecule has 0 spiro atoms. The van der Waals surface area contributed by atoms with Gasteiger partial charge in [-0.15, -0.1) is 0 Å². The smallest absolute Gasteiger partial charge is 0.238 e. The number of carbonyl (C=O) groups excluding carboxylic acids is 2. The van der Waals surface area contributed by atoms with Gasteiger partial charge in [-0.2, -0.15) is 0 Å². The second-order valence-corrected chi connectivity index (χ2v) is 7.77. The molecule has 160 valence electrons. The fraction of sp³-hybridized carbons (Fsp3) is 0.292. The number of hydrogen-bond donors (Lipinski definition) is 1. The van der Waals surface area contributed by atoms with E-state index in [1.54, 1.807) is 30.3 Å². The van der Waals surface area contributed by atoms with Crippen LogP contribution in [0.25, 0.3) is 0 Å². The van der Waals surface area contributed by atoms with Crippen LogP contribution in [0.4, 0.5) is 5.69 Å². The van der Waals surface area contributed by atoms with E-state index in [2.05, 4.69) is 20.3 Å². The van der Waals surface area contributed by atoms with Crippen LogP contribution < -0.4 is 5.32 Å². The molecule has 7 heteroatoms. The lowest BCUT2D eigenvalue weighted by Gasteiger charge is -2.33.